The molecule has 0 radical (unpaired) electrons. The molecule has 2 atom stereocenters. The smallest absolute Gasteiger partial charge is 0.352 e. The van der Waals surface area contributed by atoms with E-state index in [1.165, 1.54) is 0 Å². The number of ether oxygens (including phenoxy) is 3. The van der Waals surface area contributed by atoms with Crippen molar-refractivity contribution in [3.8, 4) is 11.5 Å². The summed E-state index contributed by atoms with van der Waals surface area (Å²) in [6.07, 6.45) is -0.00956. The van der Waals surface area contributed by atoms with E-state index in [0.717, 1.165) is 12.8 Å². The molecule has 6 heteroatoms. The van der Waals surface area contributed by atoms with Crippen molar-refractivity contribution in [1.82, 2.24) is 5.32 Å². The minimum absolute atomic E-state index is 0.0433. The Kier molecular flexibility index (Phi) is 4.48. The number of esters is 1. The van der Waals surface area contributed by atoms with Crippen molar-refractivity contribution < 1.29 is 23.8 Å². The van der Waals surface area contributed by atoms with Crippen LogP contribution in [-0.2, 0) is 14.3 Å². The lowest BCUT2D eigenvalue weighted by molar-refractivity contribution is -0.165. The minimum atomic E-state index is -1.01. The first-order chi connectivity index (χ1) is 12.7. The zero-order valence-corrected chi connectivity index (χ0v) is 14.1. The van der Waals surface area contributed by atoms with Crippen molar-refractivity contribution in [2.45, 2.75) is 31.1 Å². The van der Waals surface area contributed by atoms with E-state index in [2.05, 4.69) is 5.32 Å². The molecule has 0 aromatic heterocycles. The highest BCUT2D eigenvalue weighted by Crippen LogP contribution is 2.32. The van der Waals surface area contributed by atoms with E-state index in [-0.39, 0.29) is 18.6 Å². The zero-order valence-electron chi connectivity index (χ0n) is 14.1. The lowest BCUT2D eigenvalue weighted by atomic mass is 10.1. The third kappa shape index (κ3) is 3.64. The largest absolute Gasteiger partial charge is 0.485 e. The average Bonchev–Trinajstić information content (AvgIpc) is 3.50. The number of fused-ring (bicyclic) bond motifs is 1. The Morgan fingerprint density at radius 2 is 1.69 bits per heavy atom. The molecule has 0 unspecified atom stereocenters. The summed E-state index contributed by atoms with van der Waals surface area (Å²) in [6, 6.07) is 16.3. The summed E-state index contributed by atoms with van der Waals surface area (Å²) >= 11 is 0. The van der Waals surface area contributed by atoms with Crippen LogP contribution in [0.25, 0.3) is 0 Å². The molecule has 1 saturated carbocycles. The van der Waals surface area contributed by atoms with Gasteiger partial charge in [-0.1, -0.05) is 42.5 Å². The third-order valence-corrected chi connectivity index (χ3v) is 4.27. The Morgan fingerprint density at radius 1 is 1.00 bits per heavy atom. The lowest BCUT2D eigenvalue weighted by Crippen LogP contribution is -2.41. The minimum Gasteiger partial charge on any atom is -0.485 e. The van der Waals surface area contributed by atoms with Crippen LogP contribution in [0.2, 0.25) is 0 Å². The van der Waals surface area contributed by atoms with Crippen molar-refractivity contribution in [2.24, 2.45) is 0 Å². The van der Waals surface area contributed by atoms with E-state index < -0.39 is 18.2 Å². The number of amides is 1. The molecular formula is C20H19NO5. The number of carbonyl (C=O) groups excluding carboxylic acids is 2. The fraction of sp³-hybridized carbons (Fsp3) is 0.300. The fourth-order valence-corrected chi connectivity index (χ4v) is 2.73. The van der Waals surface area contributed by atoms with E-state index in [1.807, 2.05) is 12.1 Å². The molecule has 134 valence electrons. The number of benzene rings is 2. The second kappa shape index (κ2) is 7.07. The fourth-order valence-electron chi connectivity index (χ4n) is 2.73. The van der Waals surface area contributed by atoms with Gasteiger partial charge in [-0.25, -0.2) is 4.79 Å². The van der Waals surface area contributed by atoms with Gasteiger partial charge in [0.1, 0.15) is 6.61 Å². The van der Waals surface area contributed by atoms with Crippen molar-refractivity contribution in [3.05, 3.63) is 60.2 Å². The number of carbonyl (C=O) groups is 2. The topological polar surface area (TPSA) is 73.9 Å². The molecule has 2 aromatic carbocycles. The van der Waals surface area contributed by atoms with E-state index in [1.54, 1.807) is 42.5 Å². The van der Waals surface area contributed by atoms with E-state index in [4.69, 9.17) is 14.2 Å². The molecule has 1 amide bonds. The summed E-state index contributed by atoms with van der Waals surface area (Å²) in [6.45, 7) is 0.0433. The van der Waals surface area contributed by atoms with Crippen LogP contribution in [0.1, 0.15) is 24.5 Å². The maximum atomic E-state index is 12.6. The Balaban J connectivity index is 1.48. The van der Waals surface area contributed by atoms with Gasteiger partial charge in [0.15, 0.2) is 11.5 Å². The van der Waals surface area contributed by atoms with Gasteiger partial charge in [-0.3, -0.25) is 4.79 Å². The first-order valence-electron chi connectivity index (χ1n) is 8.65. The van der Waals surface area contributed by atoms with Gasteiger partial charge in [-0.15, -0.1) is 0 Å². The normalized spacial score (nSPS) is 19.3. The summed E-state index contributed by atoms with van der Waals surface area (Å²) in [4.78, 5) is 25.1. The van der Waals surface area contributed by atoms with Crippen LogP contribution in [0, 0.1) is 0 Å². The summed E-state index contributed by atoms with van der Waals surface area (Å²) < 4.78 is 16.8. The Hall–Kier alpha value is -3.02. The van der Waals surface area contributed by atoms with Crippen LogP contribution >= 0.6 is 0 Å². The summed E-state index contributed by atoms with van der Waals surface area (Å²) in [7, 11) is 0. The maximum Gasteiger partial charge on any atom is 0.352 e. The van der Waals surface area contributed by atoms with E-state index >= 15 is 0 Å². The van der Waals surface area contributed by atoms with Gasteiger partial charge in [0, 0.05) is 11.6 Å². The van der Waals surface area contributed by atoms with Crippen LogP contribution in [0.3, 0.4) is 0 Å². The molecule has 0 spiro atoms. The predicted octanol–water partition coefficient (Wildman–Crippen LogP) is 2.39. The third-order valence-electron chi connectivity index (χ3n) is 4.27. The van der Waals surface area contributed by atoms with Crippen LogP contribution in [-0.4, -0.2) is 30.6 Å². The van der Waals surface area contributed by atoms with Gasteiger partial charge < -0.3 is 19.5 Å². The lowest BCUT2D eigenvalue weighted by Gasteiger charge is -2.26. The van der Waals surface area contributed by atoms with Gasteiger partial charge in [0.05, 0.1) is 0 Å². The first kappa shape index (κ1) is 16.4. The second-order valence-corrected chi connectivity index (χ2v) is 6.37. The van der Waals surface area contributed by atoms with E-state index in [9.17, 15) is 9.59 Å². The van der Waals surface area contributed by atoms with Gasteiger partial charge in [0.2, 0.25) is 12.2 Å². The Morgan fingerprint density at radius 3 is 2.42 bits per heavy atom. The highest BCUT2D eigenvalue weighted by molar-refractivity contribution is 5.86. The molecule has 1 heterocycles. The molecule has 4 rings (SSSR count). The molecule has 0 saturated heterocycles. The number of rotatable bonds is 5. The highest BCUT2D eigenvalue weighted by Gasteiger charge is 2.35. The van der Waals surface area contributed by atoms with Crippen molar-refractivity contribution >= 4 is 11.9 Å². The molecule has 2 aromatic rings. The molecule has 1 aliphatic carbocycles. The molecule has 26 heavy (non-hydrogen) atoms. The van der Waals surface area contributed by atoms with Gasteiger partial charge in [0.25, 0.3) is 5.91 Å². The Bertz CT molecular complexity index is 803. The molecule has 1 fully saturated rings. The second-order valence-electron chi connectivity index (χ2n) is 6.37. The van der Waals surface area contributed by atoms with Crippen LogP contribution in [0.4, 0.5) is 0 Å². The number of hydrogen-bond acceptors (Lipinski definition) is 5. The maximum absolute atomic E-state index is 12.6. The average molecular weight is 353 g/mol. The standard InChI is InChI=1S/C20H19NO5/c22-19(21-14-10-11-14)18(13-6-2-1-3-7-13)26-20(23)17-12-24-15-8-4-5-9-16(15)25-17/h1-9,14,17-18H,10-12H2,(H,21,22)/t17-,18-/m1/s1. The highest BCUT2D eigenvalue weighted by atomic mass is 16.6. The molecule has 1 N–H and O–H groups in total. The van der Waals surface area contributed by atoms with Gasteiger partial charge >= 0.3 is 5.97 Å². The zero-order chi connectivity index (χ0) is 17.9. The van der Waals surface area contributed by atoms with Crippen LogP contribution in [0.5, 0.6) is 11.5 Å². The monoisotopic (exact) mass is 353 g/mol. The van der Waals surface area contributed by atoms with Crippen molar-refractivity contribution in [1.29, 1.82) is 0 Å². The first-order valence-corrected chi connectivity index (χ1v) is 8.65. The quantitative estimate of drug-likeness (QED) is 0.836. The van der Waals surface area contributed by atoms with Crippen LogP contribution in [0.15, 0.2) is 54.6 Å². The molecule has 0 bridgehead atoms. The van der Waals surface area contributed by atoms with Crippen molar-refractivity contribution in [3.63, 3.8) is 0 Å². The summed E-state index contributed by atoms with van der Waals surface area (Å²) in [5, 5.41) is 2.89. The Labute approximate surface area is 151 Å². The van der Waals surface area contributed by atoms with Crippen LogP contribution < -0.4 is 14.8 Å². The van der Waals surface area contributed by atoms with Gasteiger partial charge in [-0.2, -0.15) is 0 Å². The molecule has 6 nitrogen and oxygen atoms in total. The molecular weight excluding hydrogens is 334 g/mol. The molecule has 2 aliphatic rings. The summed E-state index contributed by atoms with van der Waals surface area (Å²) in [5.41, 5.74) is 0.621. The SMILES string of the molecule is O=C(O[C@@H](C(=O)NC1CC1)c1ccccc1)[C@H]1COc2ccccc2O1. The summed E-state index contributed by atoms with van der Waals surface area (Å²) in [5.74, 6) is 0.130. The molecule has 1 aliphatic heterocycles. The number of hydrogen-bond donors (Lipinski definition) is 1. The number of nitrogens with one attached hydrogen (secondary N) is 1. The van der Waals surface area contributed by atoms with Gasteiger partial charge in [-0.05, 0) is 25.0 Å². The van der Waals surface area contributed by atoms with E-state index in [0.29, 0.717) is 17.1 Å². The van der Waals surface area contributed by atoms with Crippen molar-refractivity contribution in [2.75, 3.05) is 6.61 Å². The number of para-hydroxylation sites is 2. The predicted molar refractivity (Wildman–Crippen MR) is 92.8 cm³/mol.